The maximum Gasteiger partial charge on any atom is 0.200 e. The van der Waals surface area contributed by atoms with E-state index in [4.69, 9.17) is 0 Å². The Labute approximate surface area is 125 Å². The van der Waals surface area contributed by atoms with Gasteiger partial charge in [0.25, 0.3) is 0 Å². The lowest BCUT2D eigenvalue weighted by Gasteiger charge is -2.27. The molecule has 1 aromatic heterocycles. The van der Waals surface area contributed by atoms with Crippen molar-refractivity contribution in [2.24, 2.45) is 0 Å². The topological polar surface area (TPSA) is 66.0 Å². The highest BCUT2D eigenvalue weighted by Gasteiger charge is 2.30. The normalized spacial score (nSPS) is 13.8. The first-order chi connectivity index (χ1) is 10.1. The number of carbonyl (C=O) groups is 1. The quantitative estimate of drug-likeness (QED) is 0.733. The van der Waals surface area contributed by atoms with Gasteiger partial charge in [-0.25, -0.2) is 4.98 Å². The average molecular weight is 286 g/mol. The zero-order chi connectivity index (χ0) is 15.1. The summed E-state index contributed by atoms with van der Waals surface area (Å²) in [5.41, 5.74) is 0.214. The summed E-state index contributed by atoms with van der Waals surface area (Å²) in [6.45, 7) is 2.02. The lowest BCUT2D eigenvalue weighted by Crippen LogP contribution is -2.32. The second kappa shape index (κ2) is 7.18. The molecule has 1 atom stereocenters. The number of imidazole rings is 1. The van der Waals surface area contributed by atoms with Crippen LogP contribution in [0.5, 0.6) is 0 Å². The number of aromatic amines is 1. The molecule has 0 saturated heterocycles. The number of benzene rings is 1. The molecule has 4 heteroatoms. The Balaban J connectivity index is 2.00. The van der Waals surface area contributed by atoms with E-state index in [1.54, 1.807) is 12.4 Å². The van der Waals surface area contributed by atoms with Crippen molar-refractivity contribution in [1.82, 2.24) is 9.97 Å². The third-order valence-electron chi connectivity index (χ3n) is 3.69. The Bertz CT molecular complexity index is 551. The molecule has 0 fully saturated rings. The van der Waals surface area contributed by atoms with E-state index >= 15 is 0 Å². The first-order valence-electron chi connectivity index (χ1n) is 7.42. The summed E-state index contributed by atoms with van der Waals surface area (Å²) in [5.74, 6) is 0.188. The molecule has 0 aliphatic rings. The molecular formula is C17H22N2O2. The largest absolute Gasteiger partial charge is 0.389 e. The average Bonchev–Trinajstić information content (AvgIpc) is 3.01. The zero-order valence-corrected chi connectivity index (χ0v) is 12.4. The van der Waals surface area contributed by atoms with Gasteiger partial charge in [-0.1, -0.05) is 43.7 Å². The molecule has 2 rings (SSSR count). The number of hydrogen-bond acceptors (Lipinski definition) is 3. The molecule has 0 saturated carbocycles. The summed E-state index contributed by atoms with van der Waals surface area (Å²) in [5, 5.41) is 10.8. The molecule has 0 bridgehead atoms. The zero-order valence-electron chi connectivity index (χ0n) is 12.4. The van der Waals surface area contributed by atoms with Crippen molar-refractivity contribution in [2.45, 2.75) is 44.6 Å². The van der Waals surface area contributed by atoms with Gasteiger partial charge in [0.2, 0.25) is 5.78 Å². The summed E-state index contributed by atoms with van der Waals surface area (Å²) in [7, 11) is 0. The number of H-pyrrole nitrogens is 1. The molecule has 0 aliphatic heterocycles. The lowest BCUT2D eigenvalue weighted by atomic mass is 9.86. The second-order valence-corrected chi connectivity index (χ2v) is 5.50. The van der Waals surface area contributed by atoms with Crippen molar-refractivity contribution < 1.29 is 9.90 Å². The van der Waals surface area contributed by atoms with Crippen molar-refractivity contribution >= 4 is 5.78 Å². The Morgan fingerprint density at radius 3 is 2.67 bits per heavy atom. The van der Waals surface area contributed by atoms with Crippen LogP contribution in [0.2, 0.25) is 0 Å². The van der Waals surface area contributed by atoms with Gasteiger partial charge in [0, 0.05) is 18.8 Å². The molecule has 21 heavy (non-hydrogen) atoms. The van der Waals surface area contributed by atoms with E-state index in [0.717, 1.165) is 12.8 Å². The van der Waals surface area contributed by atoms with Crippen LogP contribution in [0.1, 0.15) is 48.8 Å². The highest BCUT2D eigenvalue weighted by molar-refractivity contribution is 5.93. The fraction of sp³-hybridized carbons (Fsp3) is 0.412. The first-order valence-corrected chi connectivity index (χ1v) is 7.42. The minimum Gasteiger partial charge on any atom is -0.389 e. The molecule has 0 amide bonds. The number of Topliss-reactive ketones (excluding diaryl/α,β-unsaturated/α-hetero) is 1. The monoisotopic (exact) mass is 286 g/mol. The molecule has 0 spiro atoms. The van der Waals surface area contributed by atoms with Crippen LogP contribution in [0.25, 0.3) is 0 Å². The molecule has 0 radical (unpaired) electrons. The van der Waals surface area contributed by atoms with Crippen LogP contribution in [0, 0.1) is 0 Å². The predicted octanol–water partition coefficient (Wildman–Crippen LogP) is 3.15. The Kier molecular flexibility index (Phi) is 5.28. The van der Waals surface area contributed by atoms with Crippen molar-refractivity contribution in [3.63, 3.8) is 0 Å². The molecule has 2 N–H and O–H groups in total. The van der Waals surface area contributed by atoms with E-state index in [2.05, 4.69) is 9.97 Å². The molecule has 4 nitrogen and oxygen atoms in total. The van der Waals surface area contributed by atoms with Crippen LogP contribution in [-0.4, -0.2) is 26.5 Å². The highest BCUT2D eigenvalue weighted by Crippen LogP contribution is 2.25. The SMILES string of the molecule is CCC[C@@](O)(CCc1ccccc1)CC(=O)c1ncc[nH]1. The molecule has 2 aromatic rings. The van der Waals surface area contributed by atoms with Gasteiger partial charge in [0.15, 0.2) is 5.82 Å². The van der Waals surface area contributed by atoms with Crippen molar-refractivity contribution in [2.75, 3.05) is 0 Å². The lowest BCUT2D eigenvalue weighted by molar-refractivity contribution is 0.0157. The summed E-state index contributed by atoms with van der Waals surface area (Å²) >= 11 is 0. The third kappa shape index (κ3) is 4.53. The van der Waals surface area contributed by atoms with E-state index in [1.165, 1.54) is 5.56 Å². The second-order valence-electron chi connectivity index (χ2n) is 5.50. The number of nitrogens with zero attached hydrogens (tertiary/aromatic N) is 1. The Hall–Kier alpha value is -1.94. The van der Waals surface area contributed by atoms with E-state index in [9.17, 15) is 9.90 Å². The van der Waals surface area contributed by atoms with Gasteiger partial charge >= 0.3 is 0 Å². The number of ketones is 1. The summed E-state index contributed by atoms with van der Waals surface area (Å²) in [6.07, 6.45) is 6.09. The molecule has 1 heterocycles. The highest BCUT2D eigenvalue weighted by atomic mass is 16.3. The van der Waals surface area contributed by atoms with Crippen molar-refractivity contribution in [3.05, 3.63) is 54.1 Å². The Morgan fingerprint density at radius 2 is 2.05 bits per heavy atom. The van der Waals surface area contributed by atoms with Gasteiger partial charge in [-0.15, -0.1) is 0 Å². The maximum absolute atomic E-state index is 12.2. The molecule has 1 aromatic carbocycles. The third-order valence-corrected chi connectivity index (χ3v) is 3.69. The van der Waals surface area contributed by atoms with Gasteiger partial charge in [-0.2, -0.15) is 0 Å². The number of aromatic nitrogens is 2. The van der Waals surface area contributed by atoms with Crippen LogP contribution in [0.4, 0.5) is 0 Å². The molecule has 0 unspecified atom stereocenters. The summed E-state index contributed by atoms with van der Waals surface area (Å²) in [4.78, 5) is 18.9. The van der Waals surface area contributed by atoms with Gasteiger partial charge in [0.1, 0.15) is 0 Å². The number of rotatable bonds is 8. The summed E-state index contributed by atoms with van der Waals surface area (Å²) < 4.78 is 0. The number of hydrogen-bond donors (Lipinski definition) is 2. The van der Waals surface area contributed by atoms with Crippen LogP contribution >= 0.6 is 0 Å². The van der Waals surface area contributed by atoms with Crippen LogP contribution in [0.3, 0.4) is 0 Å². The van der Waals surface area contributed by atoms with E-state index in [0.29, 0.717) is 18.7 Å². The van der Waals surface area contributed by atoms with Crippen LogP contribution in [0.15, 0.2) is 42.7 Å². The van der Waals surface area contributed by atoms with Crippen LogP contribution < -0.4 is 0 Å². The van der Waals surface area contributed by atoms with E-state index < -0.39 is 5.60 Å². The number of carbonyl (C=O) groups excluding carboxylic acids is 1. The number of aryl methyl sites for hydroxylation is 1. The van der Waals surface area contributed by atoms with Crippen molar-refractivity contribution in [1.29, 1.82) is 0 Å². The van der Waals surface area contributed by atoms with Gasteiger partial charge in [-0.05, 0) is 24.8 Å². The molecular weight excluding hydrogens is 264 g/mol. The number of nitrogens with one attached hydrogen (secondary N) is 1. The molecule has 0 aliphatic carbocycles. The maximum atomic E-state index is 12.2. The minimum absolute atomic E-state index is 0.112. The van der Waals surface area contributed by atoms with Crippen LogP contribution in [-0.2, 0) is 6.42 Å². The fourth-order valence-electron chi connectivity index (χ4n) is 2.59. The van der Waals surface area contributed by atoms with Gasteiger partial charge in [-0.3, -0.25) is 4.79 Å². The molecule has 112 valence electrons. The smallest absolute Gasteiger partial charge is 0.200 e. The standard InChI is InChI=1S/C17H22N2O2/c1-2-9-17(21,10-8-14-6-4-3-5-7-14)13-15(20)16-18-11-12-19-16/h3-7,11-12,21H,2,8-10,13H2,1H3,(H,18,19)/t17-/m1/s1. The fourth-order valence-corrected chi connectivity index (χ4v) is 2.59. The van der Waals surface area contributed by atoms with Gasteiger partial charge < -0.3 is 10.1 Å². The first kappa shape index (κ1) is 15.4. The summed E-state index contributed by atoms with van der Waals surface area (Å²) in [6, 6.07) is 10.0. The van der Waals surface area contributed by atoms with Gasteiger partial charge in [0.05, 0.1) is 5.60 Å². The predicted molar refractivity (Wildman–Crippen MR) is 82.2 cm³/mol. The minimum atomic E-state index is -0.964. The number of aliphatic hydroxyl groups is 1. The van der Waals surface area contributed by atoms with Crippen molar-refractivity contribution in [3.8, 4) is 0 Å². The van der Waals surface area contributed by atoms with E-state index in [-0.39, 0.29) is 12.2 Å². The van der Waals surface area contributed by atoms with E-state index in [1.807, 2.05) is 37.3 Å². The Morgan fingerprint density at radius 1 is 1.29 bits per heavy atom.